The number of sulfonamides is 1. The third-order valence-corrected chi connectivity index (χ3v) is 3.52. The Balaban J connectivity index is 2.37. The minimum atomic E-state index is -4.03. The van der Waals surface area contributed by atoms with Gasteiger partial charge in [0.2, 0.25) is 5.76 Å². The van der Waals surface area contributed by atoms with Gasteiger partial charge in [0.15, 0.2) is 0 Å². The van der Waals surface area contributed by atoms with E-state index in [1.165, 1.54) is 19.3 Å². The summed E-state index contributed by atoms with van der Waals surface area (Å²) in [6.07, 6.45) is 2.54. The maximum absolute atomic E-state index is 12.0. The van der Waals surface area contributed by atoms with Gasteiger partial charge in [-0.3, -0.25) is 0 Å². The predicted molar refractivity (Wildman–Crippen MR) is 61.0 cm³/mol. The Morgan fingerprint density at radius 1 is 1.42 bits per heavy atom. The molecule has 10 heteroatoms. The maximum atomic E-state index is 12.0. The summed E-state index contributed by atoms with van der Waals surface area (Å²) >= 11 is 0. The highest BCUT2D eigenvalue weighted by Crippen LogP contribution is 2.21. The minimum absolute atomic E-state index is 0.0474. The molecule has 0 fully saturated rings. The van der Waals surface area contributed by atoms with Gasteiger partial charge in [-0.2, -0.15) is 5.10 Å². The maximum Gasteiger partial charge on any atom is 0.371 e. The minimum Gasteiger partial charge on any atom is -0.475 e. The van der Waals surface area contributed by atoms with Gasteiger partial charge in [0.05, 0.1) is 12.4 Å². The molecule has 2 heterocycles. The molecule has 0 bridgehead atoms. The van der Waals surface area contributed by atoms with E-state index in [4.69, 9.17) is 9.52 Å². The fourth-order valence-electron chi connectivity index (χ4n) is 1.31. The van der Waals surface area contributed by atoms with Gasteiger partial charge in [0.25, 0.3) is 16.0 Å². The van der Waals surface area contributed by atoms with Gasteiger partial charge >= 0.3 is 5.97 Å². The van der Waals surface area contributed by atoms with E-state index in [-0.39, 0.29) is 16.6 Å². The van der Waals surface area contributed by atoms with Crippen molar-refractivity contribution in [3.8, 4) is 0 Å². The molecule has 0 aliphatic rings. The SMILES string of the molecule is Cc1oc(C(=O)O)cc1S(=O)(=O)Nc1nccnn1. The van der Waals surface area contributed by atoms with E-state index in [1.807, 2.05) is 0 Å². The zero-order valence-electron chi connectivity index (χ0n) is 9.56. The first-order chi connectivity index (χ1) is 8.90. The van der Waals surface area contributed by atoms with Gasteiger partial charge in [0, 0.05) is 6.07 Å². The Bertz CT molecular complexity index is 709. The molecule has 2 rings (SSSR count). The van der Waals surface area contributed by atoms with Crippen molar-refractivity contribution >= 4 is 21.9 Å². The molecule has 100 valence electrons. The standard InChI is InChI=1S/C9H8N4O5S/c1-5-7(4-6(18-5)8(14)15)19(16,17)13-9-10-2-3-11-12-9/h2-4H,1H3,(H,14,15)(H,10,12,13). The first-order valence-electron chi connectivity index (χ1n) is 4.90. The number of nitrogens with one attached hydrogen (secondary N) is 1. The lowest BCUT2D eigenvalue weighted by Crippen LogP contribution is -2.15. The summed E-state index contributed by atoms with van der Waals surface area (Å²) in [4.78, 5) is 14.1. The summed E-state index contributed by atoms with van der Waals surface area (Å²) in [7, 11) is -4.03. The molecular weight excluding hydrogens is 276 g/mol. The Labute approximate surface area is 107 Å². The molecule has 0 saturated heterocycles. The first-order valence-corrected chi connectivity index (χ1v) is 6.39. The molecule has 0 spiro atoms. The molecule has 0 aromatic carbocycles. The zero-order chi connectivity index (χ0) is 14.0. The number of rotatable bonds is 4. The lowest BCUT2D eigenvalue weighted by atomic mass is 10.4. The lowest BCUT2D eigenvalue weighted by molar-refractivity contribution is 0.0661. The molecule has 0 unspecified atom stereocenters. The molecule has 0 atom stereocenters. The fourth-order valence-corrected chi connectivity index (χ4v) is 2.43. The summed E-state index contributed by atoms with van der Waals surface area (Å²) in [6.45, 7) is 1.34. The molecular formula is C9H8N4O5S. The van der Waals surface area contributed by atoms with Gasteiger partial charge in [-0.15, -0.1) is 5.10 Å². The van der Waals surface area contributed by atoms with E-state index >= 15 is 0 Å². The number of carboxylic acid groups (broad SMARTS) is 1. The number of furan rings is 1. The average molecular weight is 284 g/mol. The van der Waals surface area contributed by atoms with Crippen molar-refractivity contribution in [1.82, 2.24) is 15.2 Å². The molecule has 9 nitrogen and oxygen atoms in total. The molecule has 0 radical (unpaired) electrons. The number of anilines is 1. The van der Waals surface area contributed by atoms with Crippen molar-refractivity contribution < 1.29 is 22.7 Å². The van der Waals surface area contributed by atoms with Crippen LogP contribution in [0.3, 0.4) is 0 Å². The highest BCUT2D eigenvalue weighted by molar-refractivity contribution is 7.92. The third-order valence-electron chi connectivity index (χ3n) is 2.08. The third kappa shape index (κ3) is 2.68. The number of aromatic nitrogens is 3. The van der Waals surface area contributed by atoms with Crippen LogP contribution in [0.5, 0.6) is 0 Å². The normalized spacial score (nSPS) is 11.2. The van der Waals surface area contributed by atoms with Gasteiger partial charge in [0.1, 0.15) is 10.7 Å². The summed E-state index contributed by atoms with van der Waals surface area (Å²) < 4.78 is 30.9. The van der Waals surface area contributed by atoms with Crippen molar-refractivity contribution in [2.45, 2.75) is 11.8 Å². The molecule has 0 amide bonds. The molecule has 0 saturated carbocycles. The Hall–Kier alpha value is -2.49. The van der Waals surface area contributed by atoms with Gasteiger partial charge in [-0.05, 0) is 6.92 Å². The molecule has 19 heavy (non-hydrogen) atoms. The van der Waals surface area contributed by atoms with Gasteiger partial charge in [-0.1, -0.05) is 0 Å². The van der Waals surface area contributed by atoms with Crippen LogP contribution in [-0.2, 0) is 10.0 Å². The van der Waals surface area contributed by atoms with E-state index in [0.717, 1.165) is 6.07 Å². The predicted octanol–water partition coefficient (Wildman–Crippen LogP) is 0.272. The van der Waals surface area contributed by atoms with Crippen molar-refractivity contribution in [1.29, 1.82) is 0 Å². The van der Waals surface area contributed by atoms with Crippen LogP contribution in [0.4, 0.5) is 5.95 Å². The van der Waals surface area contributed by atoms with E-state index in [1.54, 1.807) is 0 Å². The van der Waals surface area contributed by atoms with Crippen LogP contribution >= 0.6 is 0 Å². The Morgan fingerprint density at radius 3 is 2.68 bits per heavy atom. The Kier molecular flexibility index (Phi) is 3.17. The number of nitrogens with zero attached hydrogens (tertiary/aromatic N) is 3. The number of hydrogen-bond acceptors (Lipinski definition) is 7. The molecule has 2 N–H and O–H groups in total. The van der Waals surface area contributed by atoms with Crippen LogP contribution in [0.25, 0.3) is 0 Å². The topological polar surface area (TPSA) is 135 Å². The summed E-state index contributed by atoms with van der Waals surface area (Å²) in [6, 6.07) is 0.913. The average Bonchev–Trinajstić information content (AvgIpc) is 2.73. The fraction of sp³-hybridized carbons (Fsp3) is 0.111. The number of hydrogen-bond donors (Lipinski definition) is 2. The summed E-state index contributed by atoms with van der Waals surface area (Å²) in [5.41, 5.74) is 0. The van der Waals surface area contributed by atoms with Crippen LogP contribution in [-0.4, -0.2) is 34.7 Å². The van der Waals surface area contributed by atoms with Crippen LogP contribution in [0.1, 0.15) is 16.3 Å². The van der Waals surface area contributed by atoms with Crippen LogP contribution in [0.2, 0.25) is 0 Å². The first kappa shape index (κ1) is 13.0. The number of aryl methyl sites for hydroxylation is 1. The van der Waals surface area contributed by atoms with E-state index in [2.05, 4.69) is 19.9 Å². The van der Waals surface area contributed by atoms with Gasteiger partial charge in [-0.25, -0.2) is 22.9 Å². The van der Waals surface area contributed by atoms with Crippen molar-refractivity contribution in [3.05, 3.63) is 30.0 Å². The number of carboxylic acids is 1. The summed E-state index contributed by atoms with van der Waals surface area (Å²) in [5, 5.41) is 15.7. The van der Waals surface area contributed by atoms with Crippen molar-refractivity contribution in [2.24, 2.45) is 0 Å². The molecule has 0 aliphatic carbocycles. The highest BCUT2D eigenvalue weighted by Gasteiger charge is 2.24. The summed E-state index contributed by atoms with van der Waals surface area (Å²) in [5.74, 6) is -2.10. The zero-order valence-corrected chi connectivity index (χ0v) is 10.4. The Morgan fingerprint density at radius 2 is 2.16 bits per heavy atom. The quantitative estimate of drug-likeness (QED) is 0.816. The van der Waals surface area contributed by atoms with Crippen molar-refractivity contribution in [2.75, 3.05) is 4.72 Å². The highest BCUT2D eigenvalue weighted by atomic mass is 32.2. The second kappa shape index (κ2) is 4.65. The molecule has 0 aliphatic heterocycles. The van der Waals surface area contributed by atoms with Crippen LogP contribution in [0, 0.1) is 6.92 Å². The van der Waals surface area contributed by atoms with E-state index in [0.29, 0.717) is 0 Å². The molecule has 2 aromatic rings. The largest absolute Gasteiger partial charge is 0.475 e. The van der Waals surface area contributed by atoms with Crippen LogP contribution < -0.4 is 4.72 Å². The van der Waals surface area contributed by atoms with E-state index < -0.39 is 21.8 Å². The second-order valence-electron chi connectivity index (χ2n) is 3.41. The van der Waals surface area contributed by atoms with E-state index in [9.17, 15) is 13.2 Å². The second-order valence-corrected chi connectivity index (χ2v) is 5.06. The monoisotopic (exact) mass is 284 g/mol. The lowest BCUT2D eigenvalue weighted by Gasteiger charge is -2.03. The van der Waals surface area contributed by atoms with Gasteiger partial charge < -0.3 is 9.52 Å². The smallest absolute Gasteiger partial charge is 0.371 e. The van der Waals surface area contributed by atoms with Crippen LogP contribution in [0.15, 0.2) is 27.8 Å². The number of carbonyl (C=O) groups is 1. The molecule has 2 aromatic heterocycles. The van der Waals surface area contributed by atoms with Crippen molar-refractivity contribution in [3.63, 3.8) is 0 Å². The number of aromatic carboxylic acids is 1.